The lowest BCUT2D eigenvalue weighted by Gasteiger charge is -2.44. The maximum atomic E-state index is 12.7. The van der Waals surface area contributed by atoms with Gasteiger partial charge in [0, 0.05) is 30.5 Å². The predicted molar refractivity (Wildman–Crippen MR) is 118 cm³/mol. The molecular weight excluding hydrogens is 362 g/mol. The molecule has 4 rings (SSSR count). The Morgan fingerprint density at radius 3 is 1.90 bits per heavy atom. The molecule has 0 spiro atoms. The first-order chi connectivity index (χ1) is 14.2. The summed E-state index contributed by atoms with van der Waals surface area (Å²) in [5.41, 5.74) is 8.19. The molecule has 1 aromatic carbocycles. The van der Waals surface area contributed by atoms with Gasteiger partial charge in [-0.3, -0.25) is 4.90 Å². The number of hydrogen-bond acceptors (Lipinski definition) is 3. The third-order valence-corrected chi connectivity index (χ3v) is 7.31. The molecule has 1 aliphatic heterocycles. The highest BCUT2D eigenvalue weighted by Crippen LogP contribution is 2.40. The molecule has 0 unspecified atom stereocenters. The number of carbonyl (C=O) groups excluding carboxylic acids is 1. The largest absolute Gasteiger partial charge is 0.378 e. The van der Waals surface area contributed by atoms with Crippen molar-refractivity contribution >= 4 is 17.4 Å². The molecule has 0 atom stereocenters. The minimum atomic E-state index is -0.287. The summed E-state index contributed by atoms with van der Waals surface area (Å²) in [4.78, 5) is 17.1. The minimum Gasteiger partial charge on any atom is -0.378 e. The second kappa shape index (κ2) is 9.84. The number of ether oxygens (including phenoxy) is 1. The average Bonchev–Trinajstić information content (AvgIpc) is 2.79. The van der Waals surface area contributed by atoms with Gasteiger partial charge in [0.15, 0.2) is 0 Å². The molecule has 2 N–H and O–H groups in total. The standard InChI is InChI=1S/C24H37N3O2/c25-24(28)27(22-13-11-21(12-14-22)26-15-17-29-18-16-26)23(19-7-3-1-4-8-19)20-9-5-2-6-10-20/h11-14,19-20,23H,1-10,15-18H2,(H2,25,28). The van der Waals surface area contributed by atoms with E-state index >= 15 is 0 Å². The van der Waals surface area contributed by atoms with Gasteiger partial charge < -0.3 is 15.4 Å². The van der Waals surface area contributed by atoms with Gasteiger partial charge in [-0.05, 0) is 61.8 Å². The highest BCUT2D eigenvalue weighted by Gasteiger charge is 2.38. The van der Waals surface area contributed by atoms with Crippen LogP contribution in [0.4, 0.5) is 16.2 Å². The number of amides is 2. The maximum Gasteiger partial charge on any atom is 0.319 e. The van der Waals surface area contributed by atoms with E-state index < -0.39 is 0 Å². The maximum absolute atomic E-state index is 12.7. The van der Waals surface area contributed by atoms with Crippen molar-refractivity contribution in [3.8, 4) is 0 Å². The van der Waals surface area contributed by atoms with E-state index in [9.17, 15) is 4.79 Å². The summed E-state index contributed by atoms with van der Waals surface area (Å²) in [6, 6.07) is 8.47. The molecule has 2 amide bonds. The van der Waals surface area contributed by atoms with Crippen molar-refractivity contribution < 1.29 is 9.53 Å². The quantitative estimate of drug-likeness (QED) is 0.763. The Morgan fingerprint density at radius 1 is 0.897 bits per heavy atom. The molecule has 2 aliphatic carbocycles. The van der Waals surface area contributed by atoms with E-state index in [0.29, 0.717) is 11.8 Å². The van der Waals surface area contributed by atoms with Crippen LogP contribution in [-0.2, 0) is 4.74 Å². The molecule has 5 nitrogen and oxygen atoms in total. The summed E-state index contributed by atoms with van der Waals surface area (Å²) in [5, 5.41) is 0. The fourth-order valence-electron chi connectivity index (χ4n) is 5.85. The van der Waals surface area contributed by atoms with E-state index in [1.807, 2.05) is 4.90 Å². The third kappa shape index (κ3) is 4.88. The number of anilines is 2. The Labute approximate surface area is 175 Å². The average molecular weight is 400 g/mol. The topological polar surface area (TPSA) is 58.8 Å². The van der Waals surface area contributed by atoms with E-state index in [1.165, 1.54) is 69.9 Å². The Balaban J connectivity index is 1.59. The number of morpholine rings is 1. The van der Waals surface area contributed by atoms with Crippen LogP contribution in [0.25, 0.3) is 0 Å². The SMILES string of the molecule is NC(=O)N(c1ccc(N2CCOCC2)cc1)C(C1CCCCC1)C1CCCCC1. The van der Waals surface area contributed by atoms with Crippen LogP contribution < -0.4 is 15.5 Å². The molecule has 1 aromatic rings. The van der Waals surface area contributed by atoms with Crippen LogP contribution in [0, 0.1) is 11.8 Å². The van der Waals surface area contributed by atoms with E-state index in [4.69, 9.17) is 10.5 Å². The Hall–Kier alpha value is -1.75. The number of carbonyl (C=O) groups is 1. The molecule has 3 aliphatic rings. The fraction of sp³-hybridized carbons (Fsp3) is 0.708. The van der Waals surface area contributed by atoms with Crippen molar-refractivity contribution in [3.63, 3.8) is 0 Å². The molecular formula is C24H37N3O2. The first-order valence-corrected chi connectivity index (χ1v) is 11.8. The number of primary amides is 1. The van der Waals surface area contributed by atoms with E-state index in [0.717, 1.165) is 32.0 Å². The van der Waals surface area contributed by atoms with Gasteiger partial charge in [-0.15, -0.1) is 0 Å². The summed E-state index contributed by atoms with van der Waals surface area (Å²) in [6.07, 6.45) is 12.7. The Bertz CT molecular complexity index is 627. The van der Waals surface area contributed by atoms with Crippen LogP contribution in [0.5, 0.6) is 0 Å². The van der Waals surface area contributed by atoms with Gasteiger partial charge in [0.2, 0.25) is 0 Å². The zero-order valence-corrected chi connectivity index (χ0v) is 17.7. The van der Waals surface area contributed by atoms with Gasteiger partial charge in [-0.25, -0.2) is 4.79 Å². The highest BCUT2D eigenvalue weighted by molar-refractivity contribution is 5.91. The van der Waals surface area contributed by atoms with Crippen LogP contribution in [-0.4, -0.2) is 38.4 Å². The van der Waals surface area contributed by atoms with Crippen LogP contribution >= 0.6 is 0 Å². The summed E-state index contributed by atoms with van der Waals surface area (Å²) in [5.74, 6) is 1.16. The van der Waals surface area contributed by atoms with Crippen LogP contribution in [0.1, 0.15) is 64.2 Å². The molecule has 2 saturated carbocycles. The van der Waals surface area contributed by atoms with Gasteiger partial charge in [0.05, 0.1) is 13.2 Å². The van der Waals surface area contributed by atoms with E-state index in [-0.39, 0.29) is 12.1 Å². The second-order valence-corrected chi connectivity index (χ2v) is 9.11. The lowest BCUT2D eigenvalue weighted by molar-refractivity contribution is 0.122. The van der Waals surface area contributed by atoms with E-state index in [1.54, 1.807) is 0 Å². The van der Waals surface area contributed by atoms with Crippen molar-refractivity contribution in [2.45, 2.75) is 70.3 Å². The number of hydrogen-bond donors (Lipinski definition) is 1. The number of rotatable bonds is 5. The molecule has 0 bridgehead atoms. The first-order valence-electron chi connectivity index (χ1n) is 11.8. The van der Waals surface area contributed by atoms with Crippen LogP contribution in [0.2, 0.25) is 0 Å². The molecule has 3 fully saturated rings. The summed E-state index contributed by atoms with van der Waals surface area (Å²) < 4.78 is 5.47. The summed E-state index contributed by atoms with van der Waals surface area (Å²) in [6.45, 7) is 3.40. The molecule has 29 heavy (non-hydrogen) atoms. The minimum absolute atomic E-state index is 0.252. The third-order valence-electron chi connectivity index (χ3n) is 7.31. The fourth-order valence-corrected chi connectivity index (χ4v) is 5.85. The Kier molecular flexibility index (Phi) is 6.96. The summed E-state index contributed by atoms with van der Waals surface area (Å²) in [7, 11) is 0. The van der Waals surface area contributed by atoms with Crippen LogP contribution in [0.3, 0.4) is 0 Å². The number of nitrogens with two attached hydrogens (primary N) is 1. The van der Waals surface area contributed by atoms with Crippen molar-refractivity contribution in [1.82, 2.24) is 0 Å². The van der Waals surface area contributed by atoms with Crippen molar-refractivity contribution in [2.75, 3.05) is 36.1 Å². The molecule has 160 valence electrons. The monoisotopic (exact) mass is 399 g/mol. The lowest BCUT2D eigenvalue weighted by Crippen LogP contribution is -2.52. The highest BCUT2D eigenvalue weighted by atomic mass is 16.5. The number of nitrogens with zero attached hydrogens (tertiary/aromatic N) is 2. The zero-order valence-electron chi connectivity index (χ0n) is 17.7. The predicted octanol–water partition coefficient (Wildman–Crippen LogP) is 4.94. The van der Waals surface area contributed by atoms with Gasteiger partial charge in [-0.2, -0.15) is 0 Å². The first kappa shape index (κ1) is 20.5. The molecule has 1 heterocycles. The van der Waals surface area contributed by atoms with Gasteiger partial charge in [-0.1, -0.05) is 38.5 Å². The van der Waals surface area contributed by atoms with Crippen LogP contribution in [0.15, 0.2) is 24.3 Å². The van der Waals surface area contributed by atoms with Gasteiger partial charge in [0.25, 0.3) is 0 Å². The normalized spacial score (nSPS) is 22.0. The molecule has 5 heteroatoms. The number of urea groups is 1. The summed E-state index contributed by atoms with van der Waals surface area (Å²) >= 11 is 0. The number of benzene rings is 1. The molecule has 0 aromatic heterocycles. The van der Waals surface area contributed by atoms with Gasteiger partial charge in [0.1, 0.15) is 0 Å². The lowest BCUT2D eigenvalue weighted by atomic mass is 9.73. The van der Waals surface area contributed by atoms with Crippen molar-refractivity contribution in [2.24, 2.45) is 17.6 Å². The van der Waals surface area contributed by atoms with Crippen molar-refractivity contribution in [1.29, 1.82) is 0 Å². The second-order valence-electron chi connectivity index (χ2n) is 9.11. The Morgan fingerprint density at radius 2 is 1.41 bits per heavy atom. The smallest absolute Gasteiger partial charge is 0.319 e. The molecule has 0 radical (unpaired) electrons. The van der Waals surface area contributed by atoms with Crippen molar-refractivity contribution in [3.05, 3.63) is 24.3 Å². The zero-order chi connectivity index (χ0) is 20.1. The van der Waals surface area contributed by atoms with E-state index in [2.05, 4.69) is 29.2 Å². The van der Waals surface area contributed by atoms with Gasteiger partial charge >= 0.3 is 6.03 Å². The molecule has 1 saturated heterocycles.